The van der Waals surface area contributed by atoms with E-state index in [0.29, 0.717) is 24.5 Å². The van der Waals surface area contributed by atoms with Crippen molar-refractivity contribution < 1.29 is 23.5 Å². The maximum atomic E-state index is 14.1. The molecule has 8 heteroatoms. The minimum absolute atomic E-state index is 0.107. The minimum atomic E-state index is -0.563. The number of amides is 2. The maximum absolute atomic E-state index is 14.1. The Morgan fingerprint density at radius 1 is 0.909 bits per heavy atom. The van der Waals surface area contributed by atoms with Gasteiger partial charge in [0.1, 0.15) is 30.5 Å². The van der Waals surface area contributed by atoms with Crippen LogP contribution < -0.4 is 9.47 Å². The number of imide groups is 1. The van der Waals surface area contributed by atoms with E-state index < -0.39 is 17.0 Å². The zero-order chi connectivity index (χ0) is 23.2. The van der Waals surface area contributed by atoms with Gasteiger partial charge in [0.25, 0.3) is 11.1 Å². The van der Waals surface area contributed by atoms with Gasteiger partial charge in [-0.3, -0.25) is 14.5 Å². The van der Waals surface area contributed by atoms with Crippen molar-refractivity contribution in [3.8, 4) is 11.5 Å². The average molecular weight is 484 g/mol. The van der Waals surface area contributed by atoms with Crippen molar-refractivity contribution in [1.82, 2.24) is 4.90 Å². The summed E-state index contributed by atoms with van der Waals surface area (Å²) in [7, 11) is 0. The van der Waals surface area contributed by atoms with Gasteiger partial charge >= 0.3 is 0 Å². The van der Waals surface area contributed by atoms with Crippen molar-refractivity contribution >= 4 is 40.6 Å². The molecule has 0 spiro atoms. The van der Waals surface area contributed by atoms with Gasteiger partial charge in [-0.1, -0.05) is 48.0 Å². The largest absolute Gasteiger partial charge is 0.490 e. The van der Waals surface area contributed by atoms with Crippen LogP contribution in [0.1, 0.15) is 11.1 Å². The summed E-state index contributed by atoms with van der Waals surface area (Å²) in [5, 5.41) is -0.310. The summed E-state index contributed by atoms with van der Waals surface area (Å²) in [6, 6.07) is 20.8. The summed E-state index contributed by atoms with van der Waals surface area (Å²) >= 11 is 6.85. The fourth-order valence-electron chi connectivity index (χ4n) is 3.16. The fraction of sp³-hybridized carbons (Fsp3) is 0.120. The monoisotopic (exact) mass is 483 g/mol. The molecule has 0 bridgehead atoms. The molecule has 0 N–H and O–H groups in total. The van der Waals surface area contributed by atoms with Crippen molar-refractivity contribution in [3.05, 3.63) is 99.7 Å². The third kappa shape index (κ3) is 5.74. The summed E-state index contributed by atoms with van der Waals surface area (Å²) < 4.78 is 25.4. The van der Waals surface area contributed by atoms with Gasteiger partial charge in [-0.05, 0) is 59.8 Å². The molecule has 2 amide bonds. The number of thioether (sulfide) groups is 1. The third-order valence-corrected chi connectivity index (χ3v) is 6.03. The molecule has 1 aliphatic heterocycles. The Labute approximate surface area is 199 Å². The van der Waals surface area contributed by atoms with Crippen molar-refractivity contribution in [1.29, 1.82) is 0 Å². The molecule has 1 heterocycles. The van der Waals surface area contributed by atoms with Crippen LogP contribution in [0.15, 0.2) is 77.7 Å². The van der Waals surface area contributed by atoms with E-state index in [1.54, 1.807) is 30.3 Å². The van der Waals surface area contributed by atoms with Crippen LogP contribution in [0.4, 0.5) is 9.18 Å². The summed E-state index contributed by atoms with van der Waals surface area (Å²) in [5.74, 6) is 0.318. The van der Waals surface area contributed by atoms with E-state index in [0.717, 1.165) is 22.4 Å². The van der Waals surface area contributed by atoms with Crippen LogP contribution in [0, 0.1) is 5.82 Å². The molecule has 0 unspecified atom stereocenters. The van der Waals surface area contributed by atoms with E-state index in [-0.39, 0.29) is 22.0 Å². The lowest BCUT2D eigenvalue weighted by atomic mass is 10.2. The number of ether oxygens (including phenoxy) is 2. The molecular formula is C25H19ClFNO4S. The molecule has 1 aliphatic rings. The summed E-state index contributed by atoms with van der Waals surface area (Å²) in [5.41, 5.74) is 0.807. The Morgan fingerprint density at radius 2 is 1.61 bits per heavy atom. The molecule has 33 heavy (non-hydrogen) atoms. The van der Waals surface area contributed by atoms with Crippen LogP contribution in [0.5, 0.6) is 11.5 Å². The average Bonchev–Trinajstić information content (AvgIpc) is 3.07. The van der Waals surface area contributed by atoms with Gasteiger partial charge in [0.05, 0.1) is 11.4 Å². The zero-order valence-electron chi connectivity index (χ0n) is 17.4. The Balaban J connectivity index is 1.39. The Bertz CT molecular complexity index is 1180. The van der Waals surface area contributed by atoms with E-state index in [1.807, 2.05) is 30.3 Å². The van der Waals surface area contributed by atoms with Crippen molar-refractivity contribution in [2.75, 3.05) is 13.2 Å². The van der Waals surface area contributed by atoms with E-state index in [1.165, 1.54) is 18.2 Å². The first-order valence-electron chi connectivity index (χ1n) is 10.1. The number of nitrogens with zero attached hydrogens (tertiary/aromatic N) is 1. The first kappa shape index (κ1) is 22.9. The van der Waals surface area contributed by atoms with Gasteiger partial charge in [0.15, 0.2) is 0 Å². The smallest absolute Gasteiger partial charge is 0.293 e. The van der Waals surface area contributed by atoms with Crippen LogP contribution in [-0.2, 0) is 11.3 Å². The van der Waals surface area contributed by atoms with Gasteiger partial charge in [-0.15, -0.1) is 0 Å². The highest BCUT2D eigenvalue weighted by Crippen LogP contribution is 2.35. The number of rotatable bonds is 8. The normalized spacial score (nSPS) is 14.7. The second kappa shape index (κ2) is 10.6. The number of para-hydroxylation sites is 1. The van der Waals surface area contributed by atoms with Crippen LogP contribution in [0.25, 0.3) is 6.08 Å². The zero-order valence-corrected chi connectivity index (χ0v) is 18.9. The van der Waals surface area contributed by atoms with Crippen molar-refractivity contribution in [2.24, 2.45) is 0 Å². The maximum Gasteiger partial charge on any atom is 0.293 e. The van der Waals surface area contributed by atoms with E-state index >= 15 is 0 Å². The Hall–Kier alpha value is -3.29. The van der Waals surface area contributed by atoms with Crippen LogP contribution >= 0.6 is 23.4 Å². The first-order valence-corrected chi connectivity index (χ1v) is 11.3. The molecule has 4 rings (SSSR count). The quantitative estimate of drug-likeness (QED) is 0.283. The molecule has 1 saturated heterocycles. The lowest BCUT2D eigenvalue weighted by Crippen LogP contribution is -2.28. The molecule has 1 fully saturated rings. The standard InChI is InChI=1S/C25H19ClFNO4S/c26-21-10-5-11-22(27)20(21)16-28-24(29)23(33-25(28)30)15-17-6-4-9-19(14-17)32-13-12-31-18-7-2-1-3-8-18/h1-11,14-15H,12-13,16H2/b23-15+. The Morgan fingerprint density at radius 3 is 2.36 bits per heavy atom. The molecule has 3 aromatic rings. The number of hydrogen-bond acceptors (Lipinski definition) is 5. The predicted octanol–water partition coefficient (Wildman–Crippen LogP) is 6.17. The number of hydrogen-bond donors (Lipinski definition) is 0. The number of carbonyl (C=O) groups is 2. The molecular weight excluding hydrogens is 465 g/mol. The highest BCUT2D eigenvalue weighted by molar-refractivity contribution is 8.18. The fourth-order valence-corrected chi connectivity index (χ4v) is 4.22. The molecule has 0 aliphatic carbocycles. The summed E-state index contributed by atoms with van der Waals surface area (Å²) in [6.07, 6.45) is 1.61. The van der Waals surface area contributed by atoms with Crippen molar-refractivity contribution in [3.63, 3.8) is 0 Å². The van der Waals surface area contributed by atoms with Crippen molar-refractivity contribution in [2.45, 2.75) is 6.54 Å². The third-order valence-electron chi connectivity index (χ3n) is 4.77. The molecule has 168 valence electrons. The summed E-state index contributed by atoms with van der Waals surface area (Å²) in [6.45, 7) is 0.502. The SMILES string of the molecule is O=C1S/C(=C/c2cccc(OCCOc3ccccc3)c2)C(=O)N1Cc1c(F)cccc1Cl. The van der Waals surface area contributed by atoms with E-state index in [2.05, 4.69) is 0 Å². The van der Waals surface area contributed by atoms with E-state index in [4.69, 9.17) is 21.1 Å². The summed E-state index contributed by atoms with van der Waals surface area (Å²) in [4.78, 5) is 26.4. The minimum Gasteiger partial charge on any atom is -0.490 e. The molecule has 0 saturated carbocycles. The van der Waals surface area contributed by atoms with Crippen LogP contribution in [0.3, 0.4) is 0 Å². The second-order valence-corrected chi connectivity index (χ2v) is 8.45. The second-order valence-electron chi connectivity index (χ2n) is 7.05. The Kier molecular flexibility index (Phi) is 7.32. The van der Waals surface area contributed by atoms with Gasteiger partial charge in [0.2, 0.25) is 0 Å². The van der Waals surface area contributed by atoms with E-state index in [9.17, 15) is 14.0 Å². The molecule has 3 aromatic carbocycles. The topological polar surface area (TPSA) is 55.8 Å². The number of benzene rings is 3. The molecule has 0 atom stereocenters. The molecule has 5 nitrogen and oxygen atoms in total. The lowest BCUT2D eigenvalue weighted by Gasteiger charge is -2.14. The number of halogens is 2. The van der Waals surface area contributed by atoms with Gasteiger partial charge < -0.3 is 9.47 Å². The highest BCUT2D eigenvalue weighted by atomic mass is 35.5. The molecule has 0 aromatic heterocycles. The van der Waals surface area contributed by atoms with Crippen LogP contribution in [-0.4, -0.2) is 29.3 Å². The number of carbonyl (C=O) groups excluding carboxylic acids is 2. The predicted molar refractivity (Wildman–Crippen MR) is 127 cm³/mol. The van der Waals surface area contributed by atoms with Crippen LogP contribution in [0.2, 0.25) is 5.02 Å². The van der Waals surface area contributed by atoms with Gasteiger partial charge in [-0.2, -0.15) is 0 Å². The highest BCUT2D eigenvalue weighted by Gasteiger charge is 2.35. The molecule has 0 radical (unpaired) electrons. The first-order chi connectivity index (χ1) is 16.0. The van der Waals surface area contributed by atoms with Gasteiger partial charge in [-0.25, -0.2) is 4.39 Å². The van der Waals surface area contributed by atoms with Gasteiger partial charge in [0, 0.05) is 10.6 Å². The lowest BCUT2D eigenvalue weighted by molar-refractivity contribution is -0.123.